The summed E-state index contributed by atoms with van der Waals surface area (Å²) in [4.78, 5) is 8.54. The maximum atomic E-state index is 6.07. The number of ether oxygens (including phenoxy) is 1. The van der Waals surface area contributed by atoms with E-state index in [-0.39, 0.29) is 24.0 Å². The van der Waals surface area contributed by atoms with Crippen LogP contribution in [-0.4, -0.2) is 56.3 Å². The highest BCUT2D eigenvalue weighted by atomic mass is 127. The largest absolute Gasteiger partial charge is 0.379 e. The highest BCUT2D eigenvalue weighted by Crippen LogP contribution is 2.20. The molecular weight excluding hydrogens is 447 g/mol. The summed E-state index contributed by atoms with van der Waals surface area (Å²) < 4.78 is 5.50. The third-order valence-corrected chi connectivity index (χ3v) is 5.75. The summed E-state index contributed by atoms with van der Waals surface area (Å²) in [7, 11) is 0. The average molecular weight is 480 g/mol. The lowest BCUT2D eigenvalue weighted by Crippen LogP contribution is -2.49. The van der Waals surface area contributed by atoms with Crippen LogP contribution in [0, 0.1) is 5.92 Å². The van der Waals surface area contributed by atoms with Crippen molar-refractivity contribution in [1.82, 2.24) is 10.2 Å². The quantitative estimate of drug-likeness (QED) is 0.324. The van der Waals surface area contributed by atoms with Crippen molar-refractivity contribution < 1.29 is 4.74 Å². The zero-order valence-electron chi connectivity index (χ0n) is 15.4. The van der Waals surface area contributed by atoms with Crippen molar-refractivity contribution in [2.75, 3.05) is 39.4 Å². The lowest BCUT2D eigenvalue weighted by molar-refractivity contribution is 0.00396. The van der Waals surface area contributed by atoms with Crippen molar-refractivity contribution in [3.8, 4) is 0 Å². The Kier molecular flexibility index (Phi) is 11.7. The number of halogens is 1. The summed E-state index contributed by atoms with van der Waals surface area (Å²) in [5.41, 5.74) is 6.07. The van der Waals surface area contributed by atoms with Crippen LogP contribution in [0.1, 0.15) is 31.6 Å². The SMILES string of the molecule is CCC(CC)C(CN=C(N)NCCc1cccs1)N1CCOCC1.I. The van der Waals surface area contributed by atoms with Gasteiger partial charge in [0.05, 0.1) is 19.8 Å². The topological polar surface area (TPSA) is 62.9 Å². The average Bonchev–Trinajstić information content (AvgIpc) is 3.13. The second-order valence-electron chi connectivity index (χ2n) is 6.27. The van der Waals surface area contributed by atoms with Gasteiger partial charge in [0.2, 0.25) is 0 Å². The number of hydrogen-bond acceptors (Lipinski definition) is 4. The van der Waals surface area contributed by atoms with Gasteiger partial charge < -0.3 is 15.8 Å². The van der Waals surface area contributed by atoms with Crippen LogP contribution in [0.3, 0.4) is 0 Å². The monoisotopic (exact) mass is 480 g/mol. The van der Waals surface area contributed by atoms with E-state index in [0.717, 1.165) is 45.8 Å². The number of nitrogens with zero attached hydrogens (tertiary/aromatic N) is 2. The van der Waals surface area contributed by atoms with Crippen LogP contribution in [0.4, 0.5) is 0 Å². The number of hydrogen-bond donors (Lipinski definition) is 2. The molecule has 0 spiro atoms. The van der Waals surface area contributed by atoms with Gasteiger partial charge in [0.15, 0.2) is 5.96 Å². The van der Waals surface area contributed by atoms with Gasteiger partial charge in [-0.25, -0.2) is 0 Å². The van der Waals surface area contributed by atoms with Crippen molar-refractivity contribution in [2.45, 2.75) is 39.2 Å². The van der Waals surface area contributed by atoms with Gasteiger partial charge in [0.1, 0.15) is 0 Å². The predicted octanol–water partition coefficient (Wildman–Crippen LogP) is 2.95. The molecule has 1 atom stereocenters. The molecule has 0 radical (unpaired) electrons. The fourth-order valence-electron chi connectivity index (χ4n) is 3.32. The standard InChI is InChI=1S/C18H32N4OS.HI/c1-3-15(4-2)17(22-9-11-23-12-10-22)14-21-18(19)20-8-7-16-6-5-13-24-16;/h5-6,13,15,17H,3-4,7-12,14H2,1-2H3,(H3,19,20,21);1H. The summed E-state index contributed by atoms with van der Waals surface area (Å²) >= 11 is 1.78. The molecule has 1 aromatic rings. The Bertz CT molecular complexity index is 473. The van der Waals surface area contributed by atoms with E-state index in [1.807, 2.05) is 0 Å². The molecule has 1 saturated heterocycles. The van der Waals surface area contributed by atoms with E-state index in [4.69, 9.17) is 10.5 Å². The molecule has 0 aliphatic carbocycles. The summed E-state index contributed by atoms with van der Waals surface area (Å²) in [6, 6.07) is 4.70. The first kappa shape index (κ1) is 22.7. The molecular formula is C18H33IN4OS. The van der Waals surface area contributed by atoms with Crippen LogP contribution in [0.5, 0.6) is 0 Å². The molecule has 0 aromatic carbocycles. The molecule has 1 aromatic heterocycles. The second-order valence-corrected chi connectivity index (χ2v) is 7.31. The molecule has 1 unspecified atom stereocenters. The molecule has 3 N–H and O–H groups in total. The first-order chi connectivity index (χ1) is 11.7. The van der Waals surface area contributed by atoms with Crippen LogP contribution in [-0.2, 0) is 11.2 Å². The van der Waals surface area contributed by atoms with Crippen LogP contribution in [0.15, 0.2) is 22.5 Å². The number of nitrogens with two attached hydrogens (primary N) is 1. The van der Waals surface area contributed by atoms with E-state index < -0.39 is 0 Å². The highest BCUT2D eigenvalue weighted by molar-refractivity contribution is 14.0. The van der Waals surface area contributed by atoms with Gasteiger partial charge in [0, 0.05) is 30.6 Å². The van der Waals surface area contributed by atoms with Gasteiger partial charge in [-0.2, -0.15) is 0 Å². The highest BCUT2D eigenvalue weighted by Gasteiger charge is 2.26. The fourth-order valence-corrected chi connectivity index (χ4v) is 4.03. The number of guanidine groups is 1. The Morgan fingerprint density at radius 1 is 1.36 bits per heavy atom. The number of thiophene rings is 1. The normalized spacial score (nSPS) is 17.3. The lowest BCUT2D eigenvalue weighted by Gasteiger charge is -2.38. The first-order valence-electron chi connectivity index (χ1n) is 9.12. The number of aliphatic imine (C=N–C) groups is 1. The minimum Gasteiger partial charge on any atom is -0.379 e. The fraction of sp³-hybridized carbons (Fsp3) is 0.722. The summed E-state index contributed by atoms with van der Waals surface area (Å²) in [5, 5.41) is 5.35. The van der Waals surface area contributed by atoms with Crippen molar-refractivity contribution in [1.29, 1.82) is 0 Å². The number of morpholine rings is 1. The van der Waals surface area contributed by atoms with Crippen molar-refractivity contribution in [3.63, 3.8) is 0 Å². The molecule has 0 bridgehead atoms. The molecule has 144 valence electrons. The zero-order chi connectivity index (χ0) is 17.2. The molecule has 25 heavy (non-hydrogen) atoms. The zero-order valence-corrected chi connectivity index (χ0v) is 18.6. The van der Waals surface area contributed by atoms with Crippen LogP contribution >= 0.6 is 35.3 Å². The molecule has 0 saturated carbocycles. The number of nitrogens with one attached hydrogen (secondary N) is 1. The van der Waals surface area contributed by atoms with Crippen molar-refractivity contribution in [3.05, 3.63) is 22.4 Å². The molecule has 1 aliphatic rings. The minimum atomic E-state index is 0. The third kappa shape index (κ3) is 7.80. The summed E-state index contributed by atoms with van der Waals surface area (Å²) in [6.07, 6.45) is 3.35. The predicted molar refractivity (Wildman–Crippen MR) is 118 cm³/mol. The third-order valence-electron chi connectivity index (χ3n) is 4.81. The maximum absolute atomic E-state index is 6.07. The Labute approximate surface area is 173 Å². The van der Waals surface area contributed by atoms with Crippen molar-refractivity contribution in [2.24, 2.45) is 16.6 Å². The van der Waals surface area contributed by atoms with Crippen LogP contribution in [0.2, 0.25) is 0 Å². The Hall–Kier alpha value is -0.380. The first-order valence-corrected chi connectivity index (χ1v) is 10.0. The Morgan fingerprint density at radius 2 is 2.08 bits per heavy atom. The molecule has 0 amide bonds. The number of rotatable bonds is 9. The summed E-state index contributed by atoms with van der Waals surface area (Å²) in [6.45, 7) is 9.81. The van der Waals surface area contributed by atoms with E-state index in [2.05, 4.69) is 46.6 Å². The van der Waals surface area contributed by atoms with E-state index in [9.17, 15) is 0 Å². The van der Waals surface area contributed by atoms with E-state index in [1.54, 1.807) is 11.3 Å². The Balaban J connectivity index is 0.00000312. The van der Waals surface area contributed by atoms with E-state index in [0.29, 0.717) is 17.9 Å². The van der Waals surface area contributed by atoms with Gasteiger partial charge in [-0.15, -0.1) is 35.3 Å². The molecule has 2 heterocycles. The molecule has 1 fully saturated rings. The summed E-state index contributed by atoms with van der Waals surface area (Å²) in [5.74, 6) is 1.22. The Morgan fingerprint density at radius 3 is 2.68 bits per heavy atom. The molecule has 2 rings (SSSR count). The smallest absolute Gasteiger partial charge is 0.188 e. The molecule has 7 heteroatoms. The van der Waals surface area contributed by atoms with Gasteiger partial charge in [-0.05, 0) is 23.8 Å². The minimum absolute atomic E-state index is 0. The van der Waals surface area contributed by atoms with E-state index in [1.165, 1.54) is 17.7 Å². The van der Waals surface area contributed by atoms with Gasteiger partial charge in [-0.1, -0.05) is 32.8 Å². The lowest BCUT2D eigenvalue weighted by atomic mass is 9.92. The van der Waals surface area contributed by atoms with E-state index >= 15 is 0 Å². The maximum Gasteiger partial charge on any atom is 0.188 e. The van der Waals surface area contributed by atoms with Gasteiger partial charge in [0.25, 0.3) is 0 Å². The molecule has 5 nitrogen and oxygen atoms in total. The van der Waals surface area contributed by atoms with Crippen LogP contribution in [0.25, 0.3) is 0 Å². The van der Waals surface area contributed by atoms with Gasteiger partial charge >= 0.3 is 0 Å². The van der Waals surface area contributed by atoms with Crippen molar-refractivity contribution >= 4 is 41.3 Å². The van der Waals surface area contributed by atoms with Crippen LogP contribution < -0.4 is 11.1 Å². The van der Waals surface area contributed by atoms with Gasteiger partial charge in [-0.3, -0.25) is 9.89 Å². The molecule has 1 aliphatic heterocycles. The second kappa shape index (κ2) is 12.9.